The lowest BCUT2D eigenvalue weighted by molar-refractivity contribution is -0.109. The molecule has 0 radical (unpaired) electrons. The fraction of sp³-hybridized carbons (Fsp3) is 0.182. The van der Waals surface area contributed by atoms with Gasteiger partial charge in [-0.15, -0.1) is 0 Å². The average Bonchev–Trinajstić information content (AvgIpc) is 2.81. The molecule has 0 fully saturated rings. The van der Waals surface area contributed by atoms with Crippen LogP contribution in [-0.2, 0) is 9.53 Å². The molecule has 0 saturated carbocycles. The summed E-state index contributed by atoms with van der Waals surface area (Å²) in [6.07, 6.45) is 2.12. The Kier molecular flexibility index (Phi) is 3.34. The number of esters is 1. The molecule has 0 aliphatic carbocycles. The van der Waals surface area contributed by atoms with Crippen molar-refractivity contribution in [3.05, 3.63) is 30.1 Å². The molecule has 2 aromatic rings. The molecule has 1 aromatic heterocycles. The van der Waals surface area contributed by atoms with Gasteiger partial charge in [0.2, 0.25) is 6.41 Å². The third kappa shape index (κ3) is 2.60. The average molecular weight is 233 g/mol. The van der Waals surface area contributed by atoms with Gasteiger partial charge in [0.15, 0.2) is 0 Å². The van der Waals surface area contributed by atoms with Crippen molar-refractivity contribution in [3.8, 4) is 0 Å². The summed E-state index contributed by atoms with van der Waals surface area (Å²) >= 11 is 0. The number of rotatable bonds is 5. The number of fused-ring (bicyclic) bond motifs is 1. The summed E-state index contributed by atoms with van der Waals surface area (Å²) in [4.78, 5) is 28.5. The van der Waals surface area contributed by atoms with E-state index in [4.69, 9.17) is 4.74 Å². The minimum absolute atomic E-state index is 0.151. The highest BCUT2D eigenvalue weighted by molar-refractivity contribution is 5.93. The number of ether oxygens (including phenoxy) is 1. The summed E-state index contributed by atoms with van der Waals surface area (Å²) in [5.41, 5.74) is 2.03. The Morgan fingerprint density at radius 2 is 2.41 bits per heavy atom. The smallest absolute Gasteiger partial charge is 0.338 e. The van der Waals surface area contributed by atoms with Gasteiger partial charge in [0.05, 0.1) is 29.5 Å². The Morgan fingerprint density at radius 1 is 1.53 bits per heavy atom. The number of aromatic nitrogens is 2. The van der Waals surface area contributed by atoms with Crippen LogP contribution in [0.15, 0.2) is 24.5 Å². The van der Waals surface area contributed by atoms with E-state index in [0.717, 1.165) is 11.0 Å². The Hall–Kier alpha value is -2.37. The van der Waals surface area contributed by atoms with Crippen molar-refractivity contribution in [1.82, 2.24) is 15.3 Å². The molecule has 0 spiro atoms. The fourth-order valence-corrected chi connectivity index (χ4v) is 1.41. The van der Waals surface area contributed by atoms with Crippen molar-refractivity contribution in [2.45, 2.75) is 0 Å². The molecule has 6 heteroatoms. The minimum atomic E-state index is -0.422. The van der Waals surface area contributed by atoms with Gasteiger partial charge < -0.3 is 15.0 Å². The lowest BCUT2D eigenvalue weighted by atomic mass is 10.2. The first-order chi connectivity index (χ1) is 8.31. The second-order valence-corrected chi connectivity index (χ2v) is 3.34. The molecular weight excluding hydrogens is 222 g/mol. The highest BCUT2D eigenvalue weighted by atomic mass is 16.5. The van der Waals surface area contributed by atoms with Gasteiger partial charge in [-0.25, -0.2) is 9.78 Å². The van der Waals surface area contributed by atoms with Crippen molar-refractivity contribution in [2.24, 2.45) is 0 Å². The first kappa shape index (κ1) is 11.1. The van der Waals surface area contributed by atoms with Crippen LogP contribution in [0.4, 0.5) is 0 Å². The highest BCUT2D eigenvalue weighted by Gasteiger charge is 2.08. The molecule has 0 aliphatic rings. The first-order valence-electron chi connectivity index (χ1n) is 5.08. The van der Waals surface area contributed by atoms with Crippen molar-refractivity contribution >= 4 is 23.4 Å². The second kappa shape index (κ2) is 5.11. The normalized spacial score (nSPS) is 10.1. The number of nitrogens with zero attached hydrogens (tertiary/aromatic N) is 1. The van der Waals surface area contributed by atoms with Gasteiger partial charge >= 0.3 is 5.97 Å². The number of amides is 1. The highest BCUT2D eigenvalue weighted by Crippen LogP contribution is 2.12. The zero-order valence-electron chi connectivity index (χ0n) is 8.97. The molecule has 2 N–H and O–H groups in total. The van der Waals surface area contributed by atoms with Crippen molar-refractivity contribution in [1.29, 1.82) is 0 Å². The van der Waals surface area contributed by atoms with E-state index < -0.39 is 5.97 Å². The van der Waals surface area contributed by atoms with Gasteiger partial charge in [0.25, 0.3) is 0 Å². The molecule has 0 saturated heterocycles. The topological polar surface area (TPSA) is 84.1 Å². The Bertz CT molecular complexity index is 535. The number of carbonyl (C=O) groups is 2. The van der Waals surface area contributed by atoms with E-state index in [0.29, 0.717) is 18.5 Å². The van der Waals surface area contributed by atoms with E-state index in [2.05, 4.69) is 15.3 Å². The van der Waals surface area contributed by atoms with Crippen LogP contribution >= 0.6 is 0 Å². The second-order valence-electron chi connectivity index (χ2n) is 3.34. The van der Waals surface area contributed by atoms with Crippen LogP contribution in [0.3, 0.4) is 0 Å². The standard InChI is InChI=1S/C11H11N3O3/c15-7-12-3-4-17-11(16)8-1-2-9-10(5-8)14-6-13-9/h1-2,5-7H,3-4H2,(H,12,15)(H,13,14). The number of benzene rings is 1. The van der Waals surface area contributed by atoms with Crippen LogP contribution in [0.5, 0.6) is 0 Å². The number of imidazole rings is 1. The van der Waals surface area contributed by atoms with E-state index in [-0.39, 0.29) is 6.61 Å². The first-order valence-corrected chi connectivity index (χ1v) is 5.08. The van der Waals surface area contributed by atoms with Crippen LogP contribution in [0.2, 0.25) is 0 Å². The predicted molar refractivity (Wildman–Crippen MR) is 60.4 cm³/mol. The maximum atomic E-state index is 11.6. The Balaban J connectivity index is 2.00. The van der Waals surface area contributed by atoms with Gasteiger partial charge in [-0.2, -0.15) is 0 Å². The maximum Gasteiger partial charge on any atom is 0.338 e. The SMILES string of the molecule is O=CNCCOC(=O)c1ccc2nc[nH]c2c1. The lowest BCUT2D eigenvalue weighted by Gasteiger charge is -2.03. The van der Waals surface area contributed by atoms with Crippen LogP contribution in [0.25, 0.3) is 11.0 Å². The van der Waals surface area contributed by atoms with E-state index in [9.17, 15) is 9.59 Å². The molecule has 0 bridgehead atoms. The van der Waals surface area contributed by atoms with Crippen molar-refractivity contribution in [2.75, 3.05) is 13.2 Å². The molecule has 0 atom stereocenters. The number of hydrogen-bond donors (Lipinski definition) is 2. The van der Waals surface area contributed by atoms with Crippen LogP contribution < -0.4 is 5.32 Å². The molecule has 1 amide bonds. The summed E-state index contributed by atoms with van der Waals surface area (Å²) in [5.74, 6) is -0.422. The van der Waals surface area contributed by atoms with Gasteiger partial charge in [-0.3, -0.25) is 4.79 Å². The maximum absolute atomic E-state index is 11.6. The summed E-state index contributed by atoms with van der Waals surface area (Å²) < 4.78 is 4.96. The number of carbonyl (C=O) groups excluding carboxylic acids is 2. The number of aromatic amines is 1. The third-order valence-electron chi connectivity index (χ3n) is 2.22. The molecule has 88 valence electrons. The zero-order chi connectivity index (χ0) is 12.1. The fourth-order valence-electron chi connectivity index (χ4n) is 1.41. The largest absolute Gasteiger partial charge is 0.460 e. The monoisotopic (exact) mass is 233 g/mol. The van der Waals surface area contributed by atoms with E-state index in [1.54, 1.807) is 24.5 Å². The van der Waals surface area contributed by atoms with Crippen molar-refractivity contribution in [3.63, 3.8) is 0 Å². The van der Waals surface area contributed by atoms with Crippen LogP contribution in [0, 0.1) is 0 Å². The Labute approximate surface area is 97.0 Å². The molecule has 1 aromatic carbocycles. The quantitative estimate of drug-likeness (QED) is 0.446. The summed E-state index contributed by atoms with van der Waals surface area (Å²) in [7, 11) is 0. The third-order valence-corrected chi connectivity index (χ3v) is 2.22. The summed E-state index contributed by atoms with van der Waals surface area (Å²) in [6, 6.07) is 5.07. The molecule has 0 unspecified atom stereocenters. The molecule has 17 heavy (non-hydrogen) atoms. The number of nitrogens with one attached hydrogen (secondary N) is 2. The van der Waals surface area contributed by atoms with Gasteiger partial charge in [-0.1, -0.05) is 0 Å². The Morgan fingerprint density at radius 3 is 3.24 bits per heavy atom. The molecule has 1 heterocycles. The molecule has 2 rings (SSSR count). The van der Waals surface area contributed by atoms with Crippen LogP contribution in [0.1, 0.15) is 10.4 Å². The summed E-state index contributed by atoms with van der Waals surface area (Å²) in [6.45, 7) is 0.458. The molecular formula is C11H11N3O3. The van der Waals surface area contributed by atoms with Crippen LogP contribution in [-0.4, -0.2) is 35.5 Å². The number of hydrogen-bond acceptors (Lipinski definition) is 4. The summed E-state index contributed by atoms with van der Waals surface area (Å²) in [5, 5.41) is 2.41. The number of H-pyrrole nitrogens is 1. The lowest BCUT2D eigenvalue weighted by Crippen LogP contribution is -2.19. The minimum Gasteiger partial charge on any atom is -0.460 e. The zero-order valence-corrected chi connectivity index (χ0v) is 8.97. The molecule has 6 nitrogen and oxygen atoms in total. The van der Waals surface area contributed by atoms with Gasteiger partial charge in [-0.05, 0) is 18.2 Å². The predicted octanol–water partition coefficient (Wildman–Crippen LogP) is 0.466. The molecule has 0 aliphatic heterocycles. The van der Waals surface area contributed by atoms with E-state index in [1.165, 1.54) is 0 Å². The van der Waals surface area contributed by atoms with Crippen molar-refractivity contribution < 1.29 is 14.3 Å². The van der Waals surface area contributed by atoms with E-state index >= 15 is 0 Å². The van der Waals surface area contributed by atoms with Gasteiger partial charge in [0.1, 0.15) is 6.61 Å². The van der Waals surface area contributed by atoms with Gasteiger partial charge in [0, 0.05) is 0 Å². The van der Waals surface area contributed by atoms with E-state index in [1.807, 2.05) is 0 Å².